The van der Waals surface area contributed by atoms with Gasteiger partial charge in [0.1, 0.15) is 0 Å². The second-order valence-electron chi connectivity index (χ2n) is 6.10. The third-order valence-electron chi connectivity index (χ3n) is 4.44. The molecular formula is C17H22N4O2. The summed E-state index contributed by atoms with van der Waals surface area (Å²) >= 11 is 0. The van der Waals surface area contributed by atoms with E-state index in [0.717, 1.165) is 42.5 Å². The maximum atomic E-state index is 9.59. The molecule has 1 saturated carbocycles. The second-order valence-corrected chi connectivity index (χ2v) is 6.10. The highest BCUT2D eigenvalue weighted by molar-refractivity contribution is 6.02. The highest BCUT2D eigenvalue weighted by Gasteiger charge is 2.25. The van der Waals surface area contributed by atoms with Crippen molar-refractivity contribution in [3.63, 3.8) is 0 Å². The number of nitrogens with zero attached hydrogens (tertiary/aromatic N) is 2. The number of nitrogens with one attached hydrogen (secondary N) is 2. The van der Waals surface area contributed by atoms with Gasteiger partial charge in [0.2, 0.25) is 11.7 Å². The first-order valence-electron chi connectivity index (χ1n) is 7.98. The molecule has 1 heterocycles. The highest BCUT2D eigenvalue weighted by atomic mass is 16.5. The Morgan fingerprint density at radius 3 is 2.70 bits per heavy atom. The maximum absolute atomic E-state index is 9.59. The van der Waals surface area contributed by atoms with Crippen molar-refractivity contribution < 1.29 is 9.63 Å². The molecule has 3 N–H and O–H groups in total. The van der Waals surface area contributed by atoms with Crippen molar-refractivity contribution in [2.75, 3.05) is 12.4 Å². The predicted molar refractivity (Wildman–Crippen MR) is 89.0 cm³/mol. The number of anilines is 1. The molecule has 0 spiro atoms. The molecule has 0 aliphatic heterocycles. The van der Waals surface area contributed by atoms with Gasteiger partial charge in [-0.25, -0.2) is 0 Å². The van der Waals surface area contributed by atoms with E-state index in [1.54, 1.807) is 6.92 Å². The van der Waals surface area contributed by atoms with Crippen LogP contribution in [-0.2, 0) is 0 Å². The molecule has 0 saturated heterocycles. The summed E-state index contributed by atoms with van der Waals surface area (Å²) in [5.74, 6) is 1.47. The molecular weight excluding hydrogens is 292 g/mol. The Balaban J connectivity index is 1.84. The van der Waals surface area contributed by atoms with Gasteiger partial charge in [-0.1, -0.05) is 17.3 Å². The Morgan fingerprint density at radius 1 is 1.30 bits per heavy atom. The molecule has 0 bridgehead atoms. The summed E-state index contributed by atoms with van der Waals surface area (Å²) in [6.45, 7) is 1.76. The Morgan fingerprint density at radius 2 is 2.04 bits per heavy atom. The minimum Gasteiger partial charge on any atom is -0.393 e. The Hall–Kier alpha value is -2.21. The fourth-order valence-electron chi connectivity index (χ4n) is 3.06. The second kappa shape index (κ2) is 6.50. The zero-order chi connectivity index (χ0) is 16.4. The van der Waals surface area contributed by atoms with Crippen LogP contribution in [0.1, 0.15) is 50.0 Å². The van der Waals surface area contributed by atoms with Crippen LogP contribution in [0.3, 0.4) is 0 Å². The van der Waals surface area contributed by atoms with Gasteiger partial charge in [0.15, 0.2) is 0 Å². The molecule has 1 aromatic heterocycles. The lowest BCUT2D eigenvalue weighted by atomic mass is 9.87. The average molecular weight is 314 g/mol. The fraction of sp³-hybridized carbons (Fsp3) is 0.471. The van der Waals surface area contributed by atoms with Gasteiger partial charge in [-0.2, -0.15) is 4.98 Å². The minimum absolute atomic E-state index is 0.191. The van der Waals surface area contributed by atoms with Crippen LogP contribution >= 0.6 is 0 Å². The number of benzene rings is 1. The van der Waals surface area contributed by atoms with E-state index in [1.807, 2.05) is 25.2 Å². The topological polar surface area (TPSA) is 95.0 Å². The van der Waals surface area contributed by atoms with E-state index in [9.17, 15) is 5.11 Å². The summed E-state index contributed by atoms with van der Waals surface area (Å²) in [6, 6.07) is 5.75. The van der Waals surface area contributed by atoms with Gasteiger partial charge in [-0.3, -0.25) is 0 Å². The standard InChI is InChI=1S/C17H22N4O2/c1-10(18)14-8-5-12(9-15(14)19-2)16-20-17(23-21-16)11-3-6-13(22)7-4-11/h5,8-9,11,13,18-19,22H,3-4,6-7H2,1-2H3. The summed E-state index contributed by atoms with van der Waals surface area (Å²) in [7, 11) is 1.83. The number of hydrogen-bond donors (Lipinski definition) is 3. The molecule has 6 nitrogen and oxygen atoms in total. The van der Waals surface area contributed by atoms with Crippen LogP contribution in [0.4, 0.5) is 5.69 Å². The fourth-order valence-corrected chi connectivity index (χ4v) is 3.06. The van der Waals surface area contributed by atoms with Gasteiger partial charge in [-0.15, -0.1) is 0 Å². The van der Waals surface area contributed by atoms with Crippen LogP contribution in [0, 0.1) is 5.41 Å². The van der Waals surface area contributed by atoms with E-state index in [-0.39, 0.29) is 12.0 Å². The molecule has 1 aliphatic carbocycles. The molecule has 1 aromatic carbocycles. The summed E-state index contributed by atoms with van der Waals surface area (Å²) < 4.78 is 5.44. The zero-order valence-electron chi connectivity index (χ0n) is 13.5. The Labute approximate surface area is 135 Å². The molecule has 3 rings (SSSR count). The third kappa shape index (κ3) is 3.27. The lowest BCUT2D eigenvalue weighted by molar-refractivity contribution is 0.116. The summed E-state index contributed by atoms with van der Waals surface area (Å²) in [5, 5.41) is 24.6. The van der Waals surface area contributed by atoms with Crippen LogP contribution in [0.15, 0.2) is 22.7 Å². The molecule has 6 heteroatoms. The van der Waals surface area contributed by atoms with E-state index in [1.165, 1.54) is 0 Å². The van der Waals surface area contributed by atoms with Crippen molar-refractivity contribution in [3.05, 3.63) is 29.7 Å². The number of aromatic nitrogens is 2. The zero-order valence-corrected chi connectivity index (χ0v) is 13.5. The van der Waals surface area contributed by atoms with Crippen LogP contribution in [0.2, 0.25) is 0 Å². The Bertz CT molecular complexity index is 702. The first-order valence-corrected chi connectivity index (χ1v) is 7.98. The van der Waals surface area contributed by atoms with E-state index in [4.69, 9.17) is 9.93 Å². The summed E-state index contributed by atoms with van der Waals surface area (Å²) in [5.41, 5.74) is 3.11. The van der Waals surface area contributed by atoms with Crippen molar-refractivity contribution in [2.24, 2.45) is 0 Å². The minimum atomic E-state index is -0.191. The summed E-state index contributed by atoms with van der Waals surface area (Å²) in [6.07, 6.45) is 3.16. The van der Waals surface area contributed by atoms with Crippen molar-refractivity contribution in [1.82, 2.24) is 10.1 Å². The lowest BCUT2D eigenvalue weighted by Crippen LogP contribution is -2.17. The van der Waals surface area contributed by atoms with E-state index in [2.05, 4.69) is 15.5 Å². The maximum Gasteiger partial charge on any atom is 0.230 e. The molecule has 0 amide bonds. The highest BCUT2D eigenvalue weighted by Crippen LogP contribution is 2.33. The average Bonchev–Trinajstić information content (AvgIpc) is 3.04. The summed E-state index contributed by atoms with van der Waals surface area (Å²) in [4.78, 5) is 4.54. The Kier molecular flexibility index (Phi) is 4.43. The third-order valence-corrected chi connectivity index (χ3v) is 4.44. The number of rotatable bonds is 4. The van der Waals surface area contributed by atoms with Gasteiger partial charge in [0.25, 0.3) is 0 Å². The normalized spacial score (nSPS) is 21.2. The lowest BCUT2D eigenvalue weighted by Gasteiger charge is -2.22. The molecule has 2 aromatic rings. The number of aliphatic hydroxyl groups is 1. The van der Waals surface area contributed by atoms with Crippen LogP contribution in [-0.4, -0.2) is 34.1 Å². The van der Waals surface area contributed by atoms with Gasteiger partial charge in [0.05, 0.1) is 6.10 Å². The predicted octanol–water partition coefficient (Wildman–Crippen LogP) is 3.18. The smallest absolute Gasteiger partial charge is 0.230 e. The van der Waals surface area contributed by atoms with Crippen LogP contribution in [0.25, 0.3) is 11.4 Å². The van der Waals surface area contributed by atoms with E-state index in [0.29, 0.717) is 17.4 Å². The SMILES string of the molecule is CNc1cc(-c2noc(C3CCC(O)CC3)n2)ccc1C(C)=N. The molecule has 23 heavy (non-hydrogen) atoms. The molecule has 0 unspecified atom stereocenters. The molecule has 1 aliphatic rings. The monoisotopic (exact) mass is 314 g/mol. The van der Waals surface area contributed by atoms with E-state index >= 15 is 0 Å². The van der Waals surface area contributed by atoms with Crippen molar-refractivity contribution in [2.45, 2.75) is 44.6 Å². The van der Waals surface area contributed by atoms with Gasteiger partial charge >= 0.3 is 0 Å². The van der Waals surface area contributed by atoms with Crippen molar-refractivity contribution in [3.8, 4) is 11.4 Å². The molecule has 1 fully saturated rings. The number of hydrogen-bond acceptors (Lipinski definition) is 6. The van der Waals surface area contributed by atoms with E-state index < -0.39 is 0 Å². The molecule has 122 valence electrons. The first-order chi connectivity index (χ1) is 11.1. The van der Waals surface area contributed by atoms with Gasteiger partial charge in [-0.05, 0) is 38.7 Å². The molecule has 0 atom stereocenters. The van der Waals surface area contributed by atoms with Crippen molar-refractivity contribution >= 4 is 11.4 Å². The first kappa shape index (κ1) is 15.7. The largest absolute Gasteiger partial charge is 0.393 e. The van der Waals surface area contributed by atoms with Gasteiger partial charge in [0, 0.05) is 35.5 Å². The van der Waals surface area contributed by atoms with Crippen LogP contribution in [0.5, 0.6) is 0 Å². The van der Waals surface area contributed by atoms with Crippen molar-refractivity contribution in [1.29, 1.82) is 5.41 Å². The van der Waals surface area contributed by atoms with Crippen LogP contribution < -0.4 is 5.32 Å². The van der Waals surface area contributed by atoms with Gasteiger partial charge < -0.3 is 20.4 Å². The quantitative estimate of drug-likeness (QED) is 0.753. The number of aliphatic hydroxyl groups excluding tert-OH is 1. The molecule has 0 radical (unpaired) electrons.